The molecule has 0 spiro atoms. The van der Waals surface area contributed by atoms with Crippen LogP contribution in [-0.2, 0) is 14.3 Å². The van der Waals surface area contributed by atoms with Gasteiger partial charge < -0.3 is 19.3 Å². The third kappa shape index (κ3) is 4.09. The van der Waals surface area contributed by atoms with Crippen molar-refractivity contribution in [1.82, 2.24) is 4.98 Å². The summed E-state index contributed by atoms with van der Waals surface area (Å²) in [5.41, 5.74) is 1.79. The van der Waals surface area contributed by atoms with E-state index in [1.165, 1.54) is 26.2 Å². The lowest BCUT2D eigenvalue weighted by Gasteiger charge is -2.24. The molecule has 1 N–H and O–H groups in total. The Labute approximate surface area is 211 Å². The van der Waals surface area contributed by atoms with E-state index in [9.17, 15) is 19.5 Å². The Hall–Kier alpha value is -4.18. The molecule has 1 aliphatic rings. The smallest absolute Gasteiger partial charge is 0.350 e. The number of Topliss-reactive ketones (excluding diaryl/α,β-unsaturated/α-hetero) is 1. The standard InChI is InChI=1S/C26H24N2O7S/c1-13-12-15(10-11-17(13)33-3)21(29)19-20(16-8-6-7-9-18(16)34-4)28(24(31)22(19)30)26-27-14(2)23(36-26)25(32)35-5/h6-12,20,29H,1-5H3/t20-/m0/s1. The van der Waals surface area contributed by atoms with Gasteiger partial charge in [-0.1, -0.05) is 29.5 Å². The summed E-state index contributed by atoms with van der Waals surface area (Å²) >= 11 is 0.930. The second kappa shape index (κ2) is 9.82. The van der Waals surface area contributed by atoms with E-state index in [1.54, 1.807) is 56.3 Å². The first-order valence-corrected chi connectivity index (χ1v) is 11.7. The number of carbonyl (C=O) groups is 3. The molecule has 2 heterocycles. The first kappa shape index (κ1) is 24.9. The number of rotatable bonds is 6. The van der Waals surface area contributed by atoms with Crippen molar-refractivity contribution in [3.63, 3.8) is 0 Å². The summed E-state index contributed by atoms with van der Waals surface area (Å²) in [6.45, 7) is 3.42. The highest BCUT2D eigenvalue weighted by molar-refractivity contribution is 7.17. The average Bonchev–Trinajstić information content (AvgIpc) is 3.39. The zero-order chi connectivity index (χ0) is 26.1. The quantitative estimate of drug-likeness (QED) is 0.228. The molecule has 2 aromatic carbocycles. The summed E-state index contributed by atoms with van der Waals surface area (Å²) in [6, 6.07) is 10.8. The van der Waals surface area contributed by atoms with Gasteiger partial charge in [-0.2, -0.15) is 0 Å². The third-order valence-corrected chi connectivity index (χ3v) is 7.05. The van der Waals surface area contributed by atoms with Gasteiger partial charge in [0.25, 0.3) is 5.78 Å². The van der Waals surface area contributed by atoms with Crippen LogP contribution in [0.25, 0.3) is 5.76 Å². The van der Waals surface area contributed by atoms with Crippen molar-refractivity contribution in [2.75, 3.05) is 26.2 Å². The van der Waals surface area contributed by atoms with Gasteiger partial charge in [0.2, 0.25) is 0 Å². The van der Waals surface area contributed by atoms with Crippen molar-refractivity contribution in [2.24, 2.45) is 0 Å². The van der Waals surface area contributed by atoms with Crippen molar-refractivity contribution in [2.45, 2.75) is 19.9 Å². The molecule has 36 heavy (non-hydrogen) atoms. The van der Waals surface area contributed by atoms with Gasteiger partial charge in [0.05, 0.1) is 32.6 Å². The zero-order valence-corrected chi connectivity index (χ0v) is 21.1. The Balaban J connectivity index is 1.97. The SMILES string of the molecule is COC(=O)c1sc(N2C(=O)C(=O)C(=C(O)c3ccc(OC)c(C)c3)[C@@H]2c2ccccc2OC)nc1C. The summed E-state index contributed by atoms with van der Waals surface area (Å²) in [5, 5.41) is 11.5. The van der Waals surface area contributed by atoms with Crippen molar-refractivity contribution >= 4 is 39.9 Å². The topological polar surface area (TPSA) is 115 Å². The number of benzene rings is 2. The summed E-state index contributed by atoms with van der Waals surface area (Å²) in [7, 11) is 4.26. The number of amides is 1. The number of thiazole rings is 1. The Morgan fingerprint density at radius 1 is 1.03 bits per heavy atom. The predicted molar refractivity (Wildman–Crippen MR) is 134 cm³/mol. The number of methoxy groups -OCH3 is 3. The number of aliphatic hydroxyl groups excluding tert-OH is 1. The first-order valence-electron chi connectivity index (χ1n) is 10.9. The maximum atomic E-state index is 13.4. The molecule has 3 aromatic rings. The van der Waals surface area contributed by atoms with Crippen molar-refractivity contribution in [3.05, 3.63) is 75.3 Å². The molecule has 186 valence electrons. The van der Waals surface area contributed by atoms with E-state index in [0.29, 0.717) is 28.3 Å². The van der Waals surface area contributed by atoms with Crippen LogP contribution < -0.4 is 14.4 Å². The van der Waals surface area contributed by atoms with E-state index in [0.717, 1.165) is 16.9 Å². The number of aromatic nitrogens is 1. The summed E-state index contributed by atoms with van der Waals surface area (Å²) in [5.74, 6) is -1.70. The van der Waals surface area contributed by atoms with Gasteiger partial charge in [-0.3, -0.25) is 14.5 Å². The van der Waals surface area contributed by atoms with Gasteiger partial charge in [0, 0.05) is 11.1 Å². The van der Waals surface area contributed by atoms with E-state index in [4.69, 9.17) is 14.2 Å². The number of esters is 1. The molecule has 0 aliphatic carbocycles. The molecule has 0 bridgehead atoms. The van der Waals surface area contributed by atoms with Gasteiger partial charge in [-0.05, 0) is 43.7 Å². The fraction of sp³-hybridized carbons (Fsp3) is 0.231. The highest BCUT2D eigenvalue weighted by Crippen LogP contribution is 2.46. The maximum Gasteiger partial charge on any atom is 0.350 e. The minimum Gasteiger partial charge on any atom is -0.507 e. The summed E-state index contributed by atoms with van der Waals surface area (Å²) < 4.78 is 15.6. The van der Waals surface area contributed by atoms with Gasteiger partial charge in [0.15, 0.2) is 5.13 Å². The van der Waals surface area contributed by atoms with E-state index in [2.05, 4.69) is 4.98 Å². The molecule has 1 atom stereocenters. The molecule has 0 unspecified atom stereocenters. The van der Waals surface area contributed by atoms with Crippen LogP contribution >= 0.6 is 11.3 Å². The van der Waals surface area contributed by atoms with Crippen LogP contribution in [0.5, 0.6) is 11.5 Å². The number of ketones is 1. The maximum absolute atomic E-state index is 13.4. The van der Waals surface area contributed by atoms with Crippen molar-refractivity contribution < 1.29 is 33.7 Å². The molecule has 0 saturated carbocycles. The number of nitrogens with zero attached hydrogens (tertiary/aromatic N) is 2. The molecule has 1 amide bonds. The van der Waals surface area contributed by atoms with Crippen LogP contribution in [0, 0.1) is 13.8 Å². The number of carbonyl (C=O) groups excluding carboxylic acids is 3. The molecule has 1 fully saturated rings. The fourth-order valence-electron chi connectivity index (χ4n) is 4.16. The van der Waals surface area contributed by atoms with Crippen LogP contribution in [-0.4, -0.2) is 49.1 Å². The van der Waals surface area contributed by atoms with E-state index in [1.807, 2.05) is 0 Å². The molecule has 9 nitrogen and oxygen atoms in total. The Bertz CT molecular complexity index is 1410. The van der Waals surface area contributed by atoms with Crippen LogP contribution in [0.4, 0.5) is 5.13 Å². The number of hydrogen-bond acceptors (Lipinski definition) is 9. The minimum absolute atomic E-state index is 0.121. The normalized spacial score (nSPS) is 16.8. The zero-order valence-electron chi connectivity index (χ0n) is 20.3. The first-order chi connectivity index (χ1) is 17.2. The van der Waals surface area contributed by atoms with E-state index < -0.39 is 23.7 Å². The van der Waals surface area contributed by atoms with Crippen molar-refractivity contribution in [3.8, 4) is 11.5 Å². The van der Waals surface area contributed by atoms with Crippen LogP contribution in [0.15, 0.2) is 48.0 Å². The average molecular weight is 509 g/mol. The third-order valence-electron chi connectivity index (χ3n) is 5.91. The fourth-order valence-corrected chi connectivity index (χ4v) is 5.18. The lowest BCUT2D eigenvalue weighted by atomic mass is 9.94. The molecule has 1 aliphatic heterocycles. The van der Waals surface area contributed by atoms with Crippen LogP contribution in [0.3, 0.4) is 0 Å². The highest BCUT2D eigenvalue weighted by atomic mass is 32.1. The minimum atomic E-state index is -1.06. The Kier molecular flexibility index (Phi) is 6.80. The lowest BCUT2D eigenvalue weighted by molar-refractivity contribution is -0.132. The molecule has 0 radical (unpaired) electrons. The summed E-state index contributed by atoms with van der Waals surface area (Å²) in [6.07, 6.45) is 0. The van der Waals surface area contributed by atoms with Crippen LogP contribution in [0.2, 0.25) is 0 Å². The number of aryl methyl sites for hydroxylation is 2. The number of para-hydroxylation sites is 1. The number of ether oxygens (including phenoxy) is 3. The second-order valence-corrected chi connectivity index (χ2v) is 8.98. The van der Waals surface area contributed by atoms with Gasteiger partial charge in [-0.25, -0.2) is 9.78 Å². The Morgan fingerprint density at radius 3 is 2.36 bits per heavy atom. The Morgan fingerprint density at radius 2 is 1.72 bits per heavy atom. The lowest BCUT2D eigenvalue weighted by Crippen LogP contribution is -2.29. The molecular formula is C26H24N2O7S. The number of hydrogen-bond donors (Lipinski definition) is 1. The van der Waals surface area contributed by atoms with Crippen LogP contribution in [0.1, 0.15) is 38.1 Å². The molecule has 1 aromatic heterocycles. The van der Waals surface area contributed by atoms with Crippen molar-refractivity contribution in [1.29, 1.82) is 0 Å². The predicted octanol–water partition coefficient (Wildman–Crippen LogP) is 4.19. The van der Waals surface area contributed by atoms with E-state index >= 15 is 0 Å². The monoisotopic (exact) mass is 508 g/mol. The molecule has 1 saturated heterocycles. The molecule has 10 heteroatoms. The number of aliphatic hydroxyl groups is 1. The molecular weight excluding hydrogens is 484 g/mol. The second-order valence-electron chi connectivity index (χ2n) is 8.00. The summed E-state index contributed by atoms with van der Waals surface area (Å²) in [4.78, 5) is 44.8. The number of anilines is 1. The molecule has 4 rings (SSSR count). The van der Waals surface area contributed by atoms with Gasteiger partial charge in [-0.15, -0.1) is 0 Å². The highest BCUT2D eigenvalue weighted by Gasteiger charge is 2.49. The largest absolute Gasteiger partial charge is 0.507 e. The van der Waals surface area contributed by atoms with Gasteiger partial charge in [0.1, 0.15) is 28.2 Å². The van der Waals surface area contributed by atoms with Gasteiger partial charge >= 0.3 is 11.9 Å². The van der Waals surface area contributed by atoms with E-state index in [-0.39, 0.29) is 21.3 Å².